The highest BCUT2D eigenvalue weighted by atomic mass is 16.1. The normalized spacial score (nSPS) is 16.5. The van der Waals surface area contributed by atoms with E-state index in [1.807, 2.05) is 43.3 Å². The summed E-state index contributed by atoms with van der Waals surface area (Å²) in [5.74, 6) is 0.0173. The largest absolute Gasteiger partial charge is 0.378 e. The van der Waals surface area contributed by atoms with E-state index in [0.717, 1.165) is 56.9 Å². The van der Waals surface area contributed by atoms with E-state index < -0.39 is 0 Å². The maximum atomic E-state index is 12.1. The molecule has 0 bridgehead atoms. The molecule has 5 nitrogen and oxygen atoms in total. The molecule has 0 aliphatic carbocycles. The van der Waals surface area contributed by atoms with Crippen LogP contribution in [0.4, 0.5) is 5.69 Å². The number of nitrogens with one attached hydrogen (secondary N) is 1. The molecule has 0 saturated carbocycles. The average molecular weight is 304 g/mol. The number of likely N-dealkylation sites (N-methyl/N-ethyl adjacent to an activating group) is 1. The highest BCUT2D eigenvalue weighted by Gasteiger charge is 2.13. The molecule has 0 atom stereocenters. The maximum Gasteiger partial charge on any atom is 0.251 e. The molecule has 1 N–H and O–H groups in total. The first-order chi connectivity index (χ1) is 10.6. The standard InChI is InChI=1S/C17H28N4O/c1-19(2)16-7-5-15(6-8-16)17(22)18-9-4-10-21-13-11-20(3)12-14-21/h5-8H,4,9-14H2,1-3H3,(H,18,22). The minimum atomic E-state index is 0.0173. The first-order valence-electron chi connectivity index (χ1n) is 8.03. The number of carbonyl (C=O) groups excluding carboxylic acids is 1. The predicted molar refractivity (Wildman–Crippen MR) is 91.7 cm³/mol. The van der Waals surface area contributed by atoms with Crippen molar-refractivity contribution in [3.8, 4) is 0 Å². The fourth-order valence-electron chi connectivity index (χ4n) is 2.59. The van der Waals surface area contributed by atoms with Crippen molar-refractivity contribution in [3.05, 3.63) is 29.8 Å². The van der Waals surface area contributed by atoms with Crippen molar-refractivity contribution in [1.29, 1.82) is 0 Å². The van der Waals surface area contributed by atoms with Crippen molar-refractivity contribution >= 4 is 11.6 Å². The zero-order valence-electron chi connectivity index (χ0n) is 14.0. The van der Waals surface area contributed by atoms with Crippen LogP contribution in [-0.2, 0) is 0 Å². The van der Waals surface area contributed by atoms with Gasteiger partial charge in [0.1, 0.15) is 0 Å². The lowest BCUT2D eigenvalue weighted by atomic mass is 10.2. The van der Waals surface area contributed by atoms with E-state index in [1.165, 1.54) is 0 Å². The van der Waals surface area contributed by atoms with Gasteiger partial charge in [-0.1, -0.05) is 0 Å². The second-order valence-electron chi connectivity index (χ2n) is 6.20. The minimum absolute atomic E-state index is 0.0173. The maximum absolute atomic E-state index is 12.1. The molecule has 122 valence electrons. The molecule has 1 aromatic rings. The summed E-state index contributed by atoms with van der Waals surface area (Å²) in [6.45, 7) is 6.36. The monoisotopic (exact) mass is 304 g/mol. The van der Waals surface area contributed by atoms with Gasteiger partial charge in [-0.15, -0.1) is 0 Å². The third kappa shape index (κ3) is 5.00. The van der Waals surface area contributed by atoms with Gasteiger partial charge >= 0.3 is 0 Å². The Kier molecular flexibility index (Phi) is 6.21. The first-order valence-corrected chi connectivity index (χ1v) is 8.03. The summed E-state index contributed by atoms with van der Waals surface area (Å²) in [6.07, 6.45) is 1.01. The summed E-state index contributed by atoms with van der Waals surface area (Å²) in [5, 5.41) is 3.01. The molecular formula is C17H28N4O. The molecule has 0 radical (unpaired) electrons. The van der Waals surface area contributed by atoms with E-state index >= 15 is 0 Å². The Morgan fingerprint density at radius 3 is 2.36 bits per heavy atom. The molecule has 0 unspecified atom stereocenters. The van der Waals surface area contributed by atoms with Gasteiger partial charge in [0, 0.05) is 58.1 Å². The van der Waals surface area contributed by atoms with Crippen LogP contribution in [0.3, 0.4) is 0 Å². The van der Waals surface area contributed by atoms with Crippen LogP contribution in [0.1, 0.15) is 16.8 Å². The Morgan fingerprint density at radius 2 is 1.77 bits per heavy atom. The van der Waals surface area contributed by atoms with Crippen molar-refractivity contribution in [2.24, 2.45) is 0 Å². The van der Waals surface area contributed by atoms with E-state index in [1.54, 1.807) is 0 Å². The summed E-state index contributed by atoms with van der Waals surface area (Å²) >= 11 is 0. The van der Waals surface area contributed by atoms with Gasteiger partial charge in [-0.05, 0) is 44.3 Å². The molecule has 0 aromatic heterocycles. The molecule has 1 aromatic carbocycles. The van der Waals surface area contributed by atoms with Crippen LogP contribution in [0, 0.1) is 0 Å². The first kappa shape index (κ1) is 16.8. The Morgan fingerprint density at radius 1 is 1.14 bits per heavy atom. The fraction of sp³-hybridized carbons (Fsp3) is 0.588. The Balaban J connectivity index is 1.67. The fourth-order valence-corrected chi connectivity index (χ4v) is 2.59. The summed E-state index contributed by atoms with van der Waals surface area (Å²) in [6, 6.07) is 7.70. The molecule has 1 saturated heterocycles. The Bertz CT molecular complexity index is 464. The molecule has 1 aliphatic heterocycles. The van der Waals surface area contributed by atoms with Crippen LogP contribution >= 0.6 is 0 Å². The Labute approximate surface area is 133 Å². The number of piperazine rings is 1. The summed E-state index contributed by atoms with van der Waals surface area (Å²) in [7, 11) is 6.15. The number of anilines is 1. The molecular weight excluding hydrogens is 276 g/mol. The number of carbonyl (C=O) groups is 1. The van der Waals surface area contributed by atoms with Crippen LogP contribution < -0.4 is 10.2 Å². The number of benzene rings is 1. The van der Waals surface area contributed by atoms with Crippen molar-refractivity contribution in [1.82, 2.24) is 15.1 Å². The van der Waals surface area contributed by atoms with E-state index in [0.29, 0.717) is 0 Å². The summed E-state index contributed by atoms with van der Waals surface area (Å²) < 4.78 is 0. The third-order valence-corrected chi connectivity index (χ3v) is 4.18. The lowest BCUT2D eigenvalue weighted by molar-refractivity contribution is 0.0949. The van der Waals surface area contributed by atoms with E-state index in [9.17, 15) is 4.79 Å². The summed E-state index contributed by atoms with van der Waals surface area (Å²) in [4.78, 5) is 18.9. The lowest BCUT2D eigenvalue weighted by Crippen LogP contribution is -2.45. The van der Waals surface area contributed by atoms with Gasteiger partial charge < -0.3 is 20.0 Å². The molecule has 1 amide bonds. The van der Waals surface area contributed by atoms with Crippen molar-refractivity contribution in [2.75, 3.05) is 65.3 Å². The molecule has 2 rings (SSSR count). The summed E-state index contributed by atoms with van der Waals surface area (Å²) in [5.41, 5.74) is 1.83. The minimum Gasteiger partial charge on any atom is -0.378 e. The molecule has 22 heavy (non-hydrogen) atoms. The van der Waals surface area contributed by atoms with Crippen LogP contribution in [0.5, 0.6) is 0 Å². The van der Waals surface area contributed by atoms with Gasteiger partial charge in [-0.2, -0.15) is 0 Å². The van der Waals surface area contributed by atoms with E-state index in [-0.39, 0.29) is 5.91 Å². The highest BCUT2D eigenvalue weighted by molar-refractivity contribution is 5.94. The number of hydrogen-bond acceptors (Lipinski definition) is 4. The zero-order chi connectivity index (χ0) is 15.9. The Hall–Kier alpha value is -1.59. The smallest absolute Gasteiger partial charge is 0.251 e. The molecule has 0 spiro atoms. The highest BCUT2D eigenvalue weighted by Crippen LogP contribution is 2.12. The van der Waals surface area contributed by atoms with E-state index in [2.05, 4.69) is 22.2 Å². The van der Waals surface area contributed by atoms with Crippen molar-refractivity contribution in [3.63, 3.8) is 0 Å². The van der Waals surface area contributed by atoms with Gasteiger partial charge in [0.15, 0.2) is 0 Å². The van der Waals surface area contributed by atoms with Crippen LogP contribution in [0.2, 0.25) is 0 Å². The van der Waals surface area contributed by atoms with Gasteiger partial charge in [0.25, 0.3) is 5.91 Å². The second-order valence-corrected chi connectivity index (χ2v) is 6.20. The second kappa shape index (κ2) is 8.15. The van der Waals surface area contributed by atoms with E-state index in [4.69, 9.17) is 0 Å². The molecule has 1 fully saturated rings. The van der Waals surface area contributed by atoms with Gasteiger partial charge in [-0.25, -0.2) is 0 Å². The number of rotatable bonds is 6. The van der Waals surface area contributed by atoms with Crippen molar-refractivity contribution < 1.29 is 4.79 Å². The van der Waals surface area contributed by atoms with Crippen molar-refractivity contribution in [2.45, 2.75) is 6.42 Å². The number of amides is 1. The SMILES string of the molecule is CN1CCN(CCCNC(=O)c2ccc(N(C)C)cc2)CC1. The van der Waals surface area contributed by atoms with Crippen LogP contribution in [0.15, 0.2) is 24.3 Å². The topological polar surface area (TPSA) is 38.8 Å². The number of hydrogen-bond donors (Lipinski definition) is 1. The van der Waals surface area contributed by atoms with Gasteiger partial charge in [0.05, 0.1) is 0 Å². The molecule has 1 aliphatic rings. The van der Waals surface area contributed by atoms with Crippen LogP contribution in [0.25, 0.3) is 0 Å². The molecule has 1 heterocycles. The zero-order valence-corrected chi connectivity index (χ0v) is 14.0. The van der Waals surface area contributed by atoms with Crippen LogP contribution in [-0.4, -0.2) is 76.1 Å². The third-order valence-electron chi connectivity index (χ3n) is 4.18. The van der Waals surface area contributed by atoms with Gasteiger partial charge in [-0.3, -0.25) is 4.79 Å². The number of nitrogens with zero attached hydrogens (tertiary/aromatic N) is 3. The van der Waals surface area contributed by atoms with Gasteiger partial charge in [0.2, 0.25) is 0 Å². The quantitative estimate of drug-likeness (QED) is 0.800. The average Bonchev–Trinajstić information content (AvgIpc) is 2.53. The lowest BCUT2D eigenvalue weighted by Gasteiger charge is -2.32. The predicted octanol–water partition coefficient (Wildman–Crippen LogP) is 1.12. The molecule has 5 heteroatoms.